The van der Waals surface area contributed by atoms with Gasteiger partial charge in [-0.25, -0.2) is 0 Å². The maximum Gasteiger partial charge on any atom is 0.322 e. The highest BCUT2D eigenvalue weighted by Gasteiger charge is 2.14. The second kappa shape index (κ2) is 7.80. The zero-order chi connectivity index (χ0) is 11.0. The molecule has 0 radical (unpaired) electrons. The Bertz CT molecular complexity index is 159. The molecule has 0 bridgehead atoms. The fraction of sp³-hybridized carbons (Fsp3) is 0.909. The first-order valence-electron chi connectivity index (χ1n) is 5.45. The molecule has 0 heterocycles. The molecule has 14 heavy (non-hydrogen) atoms. The molecule has 0 aromatic heterocycles. The Kier molecular flexibility index (Phi) is 7.48. The van der Waals surface area contributed by atoms with E-state index in [-0.39, 0.29) is 12.0 Å². The number of carbonyl (C=O) groups excluding carboxylic acids is 1. The van der Waals surface area contributed by atoms with Gasteiger partial charge < -0.3 is 10.1 Å². The molecule has 0 amide bonds. The van der Waals surface area contributed by atoms with Gasteiger partial charge in [-0.1, -0.05) is 26.2 Å². The van der Waals surface area contributed by atoms with E-state index in [1.807, 2.05) is 6.92 Å². The summed E-state index contributed by atoms with van der Waals surface area (Å²) in [6.07, 6.45) is 4.84. The molecule has 0 aromatic rings. The molecule has 0 aliphatic heterocycles. The maximum atomic E-state index is 11.1. The smallest absolute Gasteiger partial charge is 0.322 e. The molecule has 2 atom stereocenters. The lowest BCUT2D eigenvalue weighted by Gasteiger charge is -2.17. The topological polar surface area (TPSA) is 38.3 Å². The van der Waals surface area contributed by atoms with Crippen molar-refractivity contribution in [2.24, 2.45) is 0 Å². The summed E-state index contributed by atoms with van der Waals surface area (Å²) >= 11 is 0. The van der Waals surface area contributed by atoms with Gasteiger partial charge in [0.25, 0.3) is 0 Å². The predicted octanol–water partition coefficient (Wildman–Crippen LogP) is 2.11. The lowest BCUT2D eigenvalue weighted by Crippen LogP contribution is -2.40. The molecule has 3 nitrogen and oxygen atoms in total. The average molecular weight is 201 g/mol. The third kappa shape index (κ3) is 5.97. The highest BCUT2D eigenvalue weighted by atomic mass is 16.5. The summed E-state index contributed by atoms with van der Waals surface area (Å²) in [4.78, 5) is 11.1. The van der Waals surface area contributed by atoms with E-state index >= 15 is 0 Å². The fourth-order valence-corrected chi connectivity index (χ4v) is 1.46. The molecule has 0 spiro atoms. The SMILES string of the molecule is CCCCCC(C)NC(C)C(=O)OC. The van der Waals surface area contributed by atoms with Crippen LogP contribution in [-0.2, 0) is 9.53 Å². The highest BCUT2D eigenvalue weighted by molar-refractivity contribution is 5.75. The predicted molar refractivity (Wildman–Crippen MR) is 58.2 cm³/mol. The molecular weight excluding hydrogens is 178 g/mol. The molecule has 0 aromatic carbocycles. The zero-order valence-corrected chi connectivity index (χ0v) is 9.80. The molecule has 0 fully saturated rings. The van der Waals surface area contributed by atoms with Gasteiger partial charge in [0.15, 0.2) is 0 Å². The molecule has 0 aliphatic carbocycles. The van der Waals surface area contributed by atoms with Crippen LogP contribution in [0.3, 0.4) is 0 Å². The molecule has 0 aliphatic rings. The normalized spacial score (nSPS) is 14.9. The van der Waals surface area contributed by atoms with Gasteiger partial charge in [-0.3, -0.25) is 4.79 Å². The van der Waals surface area contributed by atoms with E-state index in [9.17, 15) is 4.79 Å². The van der Waals surface area contributed by atoms with Crippen molar-refractivity contribution in [1.82, 2.24) is 5.32 Å². The number of unbranched alkanes of at least 4 members (excludes halogenated alkanes) is 2. The second-order valence-electron chi connectivity index (χ2n) is 3.81. The van der Waals surface area contributed by atoms with E-state index in [1.54, 1.807) is 0 Å². The van der Waals surface area contributed by atoms with E-state index in [4.69, 9.17) is 0 Å². The Morgan fingerprint density at radius 3 is 2.50 bits per heavy atom. The summed E-state index contributed by atoms with van der Waals surface area (Å²) < 4.78 is 4.64. The molecule has 3 heteroatoms. The van der Waals surface area contributed by atoms with Gasteiger partial charge >= 0.3 is 5.97 Å². The van der Waals surface area contributed by atoms with Gasteiger partial charge in [-0.2, -0.15) is 0 Å². The first-order chi connectivity index (χ1) is 6.61. The monoisotopic (exact) mass is 201 g/mol. The van der Waals surface area contributed by atoms with Crippen LogP contribution >= 0.6 is 0 Å². The number of hydrogen-bond donors (Lipinski definition) is 1. The van der Waals surface area contributed by atoms with Gasteiger partial charge in [-0.05, 0) is 20.3 Å². The number of ether oxygens (including phenoxy) is 1. The quantitative estimate of drug-likeness (QED) is 0.506. The number of rotatable bonds is 7. The number of carbonyl (C=O) groups is 1. The van der Waals surface area contributed by atoms with Crippen LogP contribution in [0.1, 0.15) is 46.5 Å². The van der Waals surface area contributed by atoms with Gasteiger partial charge in [0.1, 0.15) is 6.04 Å². The second-order valence-corrected chi connectivity index (χ2v) is 3.81. The first-order valence-corrected chi connectivity index (χ1v) is 5.45. The number of hydrogen-bond acceptors (Lipinski definition) is 3. The van der Waals surface area contributed by atoms with Crippen LogP contribution in [0.2, 0.25) is 0 Å². The van der Waals surface area contributed by atoms with E-state index in [1.165, 1.54) is 26.4 Å². The summed E-state index contributed by atoms with van der Waals surface area (Å²) in [5, 5.41) is 3.21. The standard InChI is InChI=1S/C11H23NO2/c1-5-6-7-8-9(2)12-10(3)11(13)14-4/h9-10,12H,5-8H2,1-4H3. The third-order valence-corrected chi connectivity index (χ3v) is 2.33. The first kappa shape index (κ1) is 13.4. The van der Waals surface area contributed by atoms with Crippen LogP contribution in [-0.4, -0.2) is 25.2 Å². The Labute approximate surface area is 87.2 Å². The molecule has 1 N–H and O–H groups in total. The van der Waals surface area contributed by atoms with E-state index in [0.717, 1.165) is 6.42 Å². The number of methoxy groups -OCH3 is 1. The number of esters is 1. The molecule has 0 saturated heterocycles. The van der Waals surface area contributed by atoms with E-state index in [0.29, 0.717) is 6.04 Å². The van der Waals surface area contributed by atoms with Crippen LogP contribution in [0.4, 0.5) is 0 Å². The van der Waals surface area contributed by atoms with Crippen molar-refractivity contribution in [2.75, 3.05) is 7.11 Å². The molecule has 0 saturated carbocycles. The summed E-state index contributed by atoms with van der Waals surface area (Å²) in [5.74, 6) is -0.188. The van der Waals surface area contributed by atoms with Gasteiger partial charge in [-0.15, -0.1) is 0 Å². The minimum Gasteiger partial charge on any atom is -0.468 e. The largest absolute Gasteiger partial charge is 0.468 e. The van der Waals surface area contributed by atoms with Crippen LogP contribution in [0.25, 0.3) is 0 Å². The lowest BCUT2D eigenvalue weighted by atomic mass is 10.1. The summed E-state index contributed by atoms with van der Waals surface area (Å²) in [5.41, 5.74) is 0. The highest BCUT2D eigenvalue weighted by Crippen LogP contribution is 2.03. The minimum absolute atomic E-state index is 0.188. The Morgan fingerprint density at radius 2 is 2.00 bits per heavy atom. The van der Waals surface area contributed by atoms with Crippen LogP contribution < -0.4 is 5.32 Å². The lowest BCUT2D eigenvalue weighted by molar-refractivity contribution is -0.142. The van der Waals surface area contributed by atoms with E-state index in [2.05, 4.69) is 23.9 Å². The van der Waals surface area contributed by atoms with Crippen molar-refractivity contribution in [3.05, 3.63) is 0 Å². The van der Waals surface area contributed by atoms with Gasteiger partial charge in [0.2, 0.25) is 0 Å². The molecular formula is C11H23NO2. The Balaban J connectivity index is 3.59. The fourth-order valence-electron chi connectivity index (χ4n) is 1.46. The van der Waals surface area contributed by atoms with Gasteiger partial charge in [0.05, 0.1) is 7.11 Å². The average Bonchev–Trinajstić information content (AvgIpc) is 2.16. The van der Waals surface area contributed by atoms with Crippen molar-refractivity contribution in [1.29, 1.82) is 0 Å². The van der Waals surface area contributed by atoms with Crippen molar-refractivity contribution >= 4 is 5.97 Å². The third-order valence-electron chi connectivity index (χ3n) is 2.33. The Hall–Kier alpha value is -0.570. The molecule has 0 rings (SSSR count). The van der Waals surface area contributed by atoms with Crippen LogP contribution in [0.5, 0.6) is 0 Å². The summed E-state index contributed by atoms with van der Waals surface area (Å²) in [7, 11) is 1.42. The summed E-state index contributed by atoms with van der Waals surface area (Å²) in [6.45, 7) is 6.13. The zero-order valence-electron chi connectivity index (χ0n) is 9.80. The van der Waals surface area contributed by atoms with Crippen LogP contribution in [0, 0.1) is 0 Å². The maximum absolute atomic E-state index is 11.1. The van der Waals surface area contributed by atoms with Crippen LogP contribution in [0.15, 0.2) is 0 Å². The summed E-state index contributed by atoms with van der Waals surface area (Å²) in [6, 6.07) is 0.187. The Morgan fingerprint density at radius 1 is 1.36 bits per heavy atom. The number of nitrogens with one attached hydrogen (secondary N) is 1. The molecule has 84 valence electrons. The van der Waals surface area contributed by atoms with E-state index < -0.39 is 0 Å². The van der Waals surface area contributed by atoms with Crippen molar-refractivity contribution < 1.29 is 9.53 Å². The minimum atomic E-state index is -0.198. The molecule has 2 unspecified atom stereocenters. The van der Waals surface area contributed by atoms with Gasteiger partial charge in [0, 0.05) is 6.04 Å². The van der Waals surface area contributed by atoms with Crippen molar-refractivity contribution in [2.45, 2.75) is 58.5 Å². The van der Waals surface area contributed by atoms with Crippen molar-refractivity contribution in [3.63, 3.8) is 0 Å². The van der Waals surface area contributed by atoms with Crippen molar-refractivity contribution in [3.8, 4) is 0 Å².